The summed E-state index contributed by atoms with van der Waals surface area (Å²) >= 11 is 0.996. The number of thioether (sulfide) groups is 1. The first-order chi connectivity index (χ1) is 17.3. The van der Waals surface area contributed by atoms with Crippen molar-refractivity contribution in [2.45, 2.75) is 15.3 Å². The van der Waals surface area contributed by atoms with Crippen LogP contribution in [-0.2, 0) is 14.9 Å². The average molecular weight is 524 g/mol. The minimum absolute atomic E-state index is 0.0226. The van der Waals surface area contributed by atoms with Crippen molar-refractivity contribution >= 4 is 39.3 Å². The number of ether oxygens (including phenoxy) is 1. The van der Waals surface area contributed by atoms with Crippen LogP contribution in [0.25, 0.3) is 5.69 Å². The second-order valence-electron chi connectivity index (χ2n) is 7.40. The normalized spacial score (nSPS) is 15.7. The van der Waals surface area contributed by atoms with Crippen LogP contribution < -0.4 is 15.5 Å². The maximum Gasteiger partial charge on any atom is 0.298 e. The van der Waals surface area contributed by atoms with Gasteiger partial charge in [-0.15, -0.1) is 5.10 Å². The Kier molecular flexibility index (Phi) is 6.13. The van der Waals surface area contributed by atoms with E-state index in [2.05, 4.69) is 20.6 Å². The first-order valence-electron chi connectivity index (χ1n) is 10.3. The molecule has 36 heavy (non-hydrogen) atoms. The SMILES string of the molecule is NC1=NN(c2ccc(Oc3ccccc3)c(S(=O)(=O)O)c2)C(=O)[C@@H]1Sc1nnnn1-c1ccccc1. The highest BCUT2D eigenvalue weighted by Crippen LogP contribution is 2.35. The third-order valence-electron chi connectivity index (χ3n) is 5.00. The number of anilines is 1. The number of nitrogens with two attached hydrogens (primary N) is 1. The molecule has 1 aromatic heterocycles. The van der Waals surface area contributed by atoms with Gasteiger partial charge in [-0.1, -0.05) is 48.2 Å². The standard InChI is InChI=1S/C22H17N7O5S2/c23-20-19(35-22-24-26-27-29(22)14-7-3-1-4-8-14)21(30)28(25-20)15-11-12-17(18(13-15)36(31,32)33)34-16-9-5-2-6-10-16/h1-13,19H,(H2,23,25)(H,31,32,33)/t19-/m1/s1. The zero-order valence-corrected chi connectivity index (χ0v) is 19.9. The van der Waals surface area contributed by atoms with Crippen LogP contribution in [0.2, 0.25) is 0 Å². The summed E-state index contributed by atoms with van der Waals surface area (Å²) in [7, 11) is -4.71. The van der Waals surface area contributed by atoms with E-state index in [0.717, 1.165) is 22.8 Å². The van der Waals surface area contributed by atoms with E-state index in [-0.39, 0.29) is 17.3 Å². The Hall–Kier alpha value is -4.27. The summed E-state index contributed by atoms with van der Waals surface area (Å²) < 4.78 is 41.0. The number of rotatable bonds is 7. The number of amidine groups is 1. The second-order valence-corrected chi connectivity index (χ2v) is 9.87. The van der Waals surface area contributed by atoms with E-state index in [1.807, 2.05) is 18.2 Å². The Labute approximate surface area is 209 Å². The highest BCUT2D eigenvalue weighted by molar-refractivity contribution is 8.01. The number of carbonyl (C=O) groups excluding carboxylic acids is 1. The Morgan fingerprint density at radius 1 is 0.972 bits per heavy atom. The fourth-order valence-corrected chi connectivity index (χ4v) is 4.91. The second kappa shape index (κ2) is 9.41. The average Bonchev–Trinajstić information content (AvgIpc) is 3.45. The Balaban J connectivity index is 1.43. The van der Waals surface area contributed by atoms with E-state index in [1.54, 1.807) is 42.5 Å². The smallest absolute Gasteiger partial charge is 0.298 e. The van der Waals surface area contributed by atoms with Gasteiger partial charge in [0.2, 0.25) is 5.16 Å². The lowest BCUT2D eigenvalue weighted by molar-refractivity contribution is -0.116. The van der Waals surface area contributed by atoms with Gasteiger partial charge in [0, 0.05) is 0 Å². The Morgan fingerprint density at radius 2 is 1.67 bits per heavy atom. The predicted molar refractivity (Wildman–Crippen MR) is 131 cm³/mol. The molecule has 12 nitrogen and oxygen atoms in total. The van der Waals surface area contributed by atoms with E-state index in [0.29, 0.717) is 16.6 Å². The molecule has 0 spiro atoms. The van der Waals surface area contributed by atoms with Gasteiger partial charge in [0.05, 0.1) is 11.4 Å². The van der Waals surface area contributed by atoms with Crippen LogP contribution in [0.5, 0.6) is 11.5 Å². The van der Waals surface area contributed by atoms with Gasteiger partial charge in [-0.2, -0.15) is 23.2 Å². The zero-order valence-electron chi connectivity index (χ0n) is 18.2. The van der Waals surface area contributed by atoms with Crippen LogP contribution in [0.4, 0.5) is 5.69 Å². The van der Waals surface area contributed by atoms with Crippen LogP contribution in [0.3, 0.4) is 0 Å². The van der Waals surface area contributed by atoms with Crippen LogP contribution >= 0.6 is 11.8 Å². The summed E-state index contributed by atoms with van der Waals surface area (Å²) in [5, 5.41) is 16.0. The molecule has 3 aromatic carbocycles. The molecule has 0 fully saturated rings. The van der Waals surface area contributed by atoms with Crippen LogP contribution in [-0.4, -0.2) is 50.2 Å². The maximum atomic E-state index is 13.2. The van der Waals surface area contributed by atoms with E-state index in [1.165, 1.54) is 16.8 Å². The van der Waals surface area contributed by atoms with Gasteiger partial charge in [-0.05, 0) is 52.9 Å². The van der Waals surface area contributed by atoms with Gasteiger partial charge >= 0.3 is 0 Å². The summed E-state index contributed by atoms with van der Waals surface area (Å²) in [6.07, 6.45) is 0. The lowest BCUT2D eigenvalue weighted by Gasteiger charge is -2.16. The van der Waals surface area contributed by atoms with Gasteiger partial charge in [0.15, 0.2) is 5.25 Å². The van der Waals surface area contributed by atoms with Crippen molar-refractivity contribution < 1.29 is 22.5 Å². The van der Waals surface area contributed by atoms with Gasteiger partial charge in [0.25, 0.3) is 16.0 Å². The highest BCUT2D eigenvalue weighted by Gasteiger charge is 2.38. The fourth-order valence-electron chi connectivity index (χ4n) is 3.37. The van der Waals surface area contributed by atoms with Crippen molar-refractivity contribution in [3.63, 3.8) is 0 Å². The molecule has 14 heteroatoms. The lowest BCUT2D eigenvalue weighted by atomic mass is 10.2. The van der Waals surface area contributed by atoms with E-state index < -0.39 is 26.2 Å². The number of benzene rings is 3. The molecular formula is C22H17N7O5S2. The van der Waals surface area contributed by atoms with Crippen LogP contribution in [0.15, 0.2) is 94.0 Å². The van der Waals surface area contributed by atoms with Crippen molar-refractivity contribution in [2.75, 3.05) is 5.01 Å². The van der Waals surface area contributed by atoms with Crippen LogP contribution in [0, 0.1) is 0 Å². The molecule has 1 aliphatic rings. The third-order valence-corrected chi connectivity index (χ3v) is 7.02. The number of carbonyl (C=O) groups is 1. The number of tetrazole rings is 1. The number of hydrogen-bond donors (Lipinski definition) is 2. The van der Waals surface area contributed by atoms with Crippen molar-refractivity contribution in [2.24, 2.45) is 10.8 Å². The molecule has 1 aliphatic heterocycles. The molecule has 182 valence electrons. The molecule has 4 aromatic rings. The molecule has 2 heterocycles. The highest BCUT2D eigenvalue weighted by atomic mass is 32.2. The van der Waals surface area contributed by atoms with Gasteiger partial charge in [-0.3, -0.25) is 9.35 Å². The van der Waals surface area contributed by atoms with Gasteiger partial charge in [-0.25, -0.2) is 0 Å². The van der Waals surface area contributed by atoms with E-state index in [4.69, 9.17) is 10.5 Å². The molecule has 0 radical (unpaired) electrons. The molecule has 1 amide bonds. The predicted octanol–water partition coefficient (Wildman–Crippen LogP) is 2.48. The monoisotopic (exact) mass is 523 g/mol. The van der Waals surface area contributed by atoms with Crippen molar-refractivity contribution in [3.05, 3.63) is 78.9 Å². The Morgan fingerprint density at radius 3 is 2.36 bits per heavy atom. The summed E-state index contributed by atoms with van der Waals surface area (Å²) in [4.78, 5) is 12.7. The minimum Gasteiger partial charge on any atom is -0.456 e. The number of para-hydroxylation sites is 2. The van der Waals surface area contributed by atoms with Crippen molar-refractivity contribution in [1.29, 1.82) is 0 Å². The number of hydrazone groups is 1. The zero-order chi connectivity index (χ0) is 25.3. The van der Waals surface area contributed by atoms with Crippen molar-refractivity contribution in [1.82, 2.24) is 20.2 Å². The molecule has 1 atom stereocenters. The largest absolute Gasteiger partial charge is 0.456 e. The minimum atomic E-state index is -4.71. The number of hydrogen-bond acceptors (Lipinski definition) is 10. The number of amides is 1. The van der Waals surface area contributed by atoms with E-state index in [9.17, 15) is 17.8 Å². The molecule has 0 bridgehead atoms. The summed E-state index contributed by atoms with van der Waals surface area (Å²) in [5.41, 5.74) is 6.82. The fraction of sp³-hybridized carbons (Fsp3) is 0.0455. The summed E-state index contributed by atoms with van der Waals surface area (Å²) in [6, 6.07) is 21.4. The third kappa shape index (κ3) is 4.64. The van der Waals surface area contributed by atoms with Crippen molar-refractivity contribution in [3.8, 4) is 17.2 Å². The molecular weight excluding hydrogens is 506 g/mol. The topological polar surface area (TPSA) is 166 Å². The Bertz CT molecular complexity index is 1560. The molecule has 3 N–H and O–H groups in total. The molecule has 0 saturated heterocycles. The maximum absolute atomic E-state index is 13.2. The van der Waals surface area contributed by atoms with Gasteiger partial charge < -0.3 is 10.5 Å². The molecule has 0 unspecified atom stereocenters. The van der Waals surface area contributed by atoms with Crippen LogP contribution in [0.1, 0.15) is 0 Å². The first kappa shape index (κ1) is 23.5. The van der Waals surface area contributed by atoms with E-state index >= 15 is 0 Å². The lowest BCUT2D eigenvalue weighted by Crippen LogP contribution is -2.32. The molecule has 0 saturated carbocycles. The molecule has 5 rings (SSSR count). The van der Waals surface area contributed by atoms with Gasteiger partial charge in [0.1, 0.15) is 22.2 Å². The summed E-state index contributed by atoms with van der Waals surface area (Å²) in [5.74, 6) is -0.324. The number of nitrogens with zero attached hydrogens (tertiary/aromatic N) is 6. The number of aromatic nitrogens is 4. The first-order valence-corrected chi connectivity index (χ1v) is 12.7. The summed E-state index contributed by atoms with van der Waals surface area (Å²) in [6.45, 7) is 0. The quantitative estimate of drug-likeness (QED) is 0.344. The molecule has 0 aliphatic carbocycles.